The van der Waals surface area contributed by atoms with Crippen molar-refractivity contribution in [3.8, 4) is 0 Å². The van der Waals surface area contributed by atoms with Gasteiger partial charge in [-0.05, 0) is 44.9 Å². The minimum absolute atomic E-state index is 0.0533. The van der Waals surface area contributed by atoms with Crippen molar-refractivity contribution in [1.82, 2.24) is 5.32 Å². The summed E-state index contributed by atoms with van der Waals surface area (Å²) in [6.45, 7) is 4.36. The average Bonchev–Trinajstić information content (AvgIpc) is 3.46. The number of nitrogens with one attached hydrogen (secondary N) is 1. The minimum atomic E-state index is -0.839. The highest BCUT2D eigenvalue weighted by Crippen LogP contribution is 2.20. The van der Waals surface area contributed by atoms with E-state index in [4.69, 9.17) is 0 Å². The monoisotopic (exact) mass is 1120 g/mol. The molecular formula is C76H149NO3. The van der Waals surface area contributed by atoms with Crippen molar-refractivity contribution in [3.05, 3.63) is 24.3 Å². The van der Waals surface area contributed by atoms with Crippen molar-refractivity contribution >= 4 is 5.91 Å². The fourth-order valence-electron chi connectivity index (χ4n) is 12.2. The smallest absolute Gasteiger partial charge is 0.220 e. The van der Waals surface area contributed by atoms with Gasteiger partial charge in [-0.2, -0.15) is 0 Å². The summed E-state index contributed by atoms with van der Waals surface area (Å²) < 4.78 is 0. The number of aliphatic hydroxyl groups is 2. The van der Waals surface area contributed by atoms with Crippen LogP contribution >= 0.6 is 0 Å². The van der Waals surface area contributed by atoms with Gasteiger partial charge in [0, 0.05) is 6.42 Å². The highest BCUT2D eigenvalue weighted by molar-refractivity contribution is 5.76. The summed E-state index contributed by atoms with van der Waals surface area (Å²) in [5.74, 6) is -0.0533. The first-order valence-electron chi connectivity index (χ1n) is 37.6. The number of hydrogen-bond acceptors (Lipinski definition) is 3. The van der Waals surface area contributed by atoms with Crippen molar-refractivity contribution in [3.63, 3.8) is 0 Å². The van der Waals surface area contributed by atoms with Crippen molar-refractivity contribution in [2.24, 2.45) is 0 Å². The molecule has 0 heterocycles. The molecule has 4 nitrogen and oxygen atoms in total. The standard InChI is InChI=1S/C76H149NO3/c1-3-5-7-9-11-13-15-17-19-21-23-25-27-29-31-33-35-36-37-38-39-40-42-44-46-48-50-52-54-56-58-60-62-64-66-68-70-72-76(80)77-74(73-78)75(79)71-69-67-65-63-61-59-57-55-53-51-49-47-45-43-41-34-32-30-28-26-24-22-20-18-16-14-12-10-8-6-4-2/h21,23,69,71,74-75,78-79H,3-20,22,24-68,70,72-73H2,1-2H3,(H,77,80)/b23-21-,71-69+. The fourth-order valence-corrected chi connectivity index (χ4v) is 12.2. The van der Waals surface area contributed by atoms with Crippen molar-refractivity contribution in [1.29, 1.82) is 0 Å². The number of allylic oxidation sites excluding steroid dienone is 3. The summed E-state index contributed by atoms with van der Waals surface area (Å²) in [7, 11) is 0. The minimum Gasteiger partial charge on any atom is -0.394 e. The molecule has 0 aromatic rings. The van der Waals surface area contributed by atoms with Gasteiger partial charge in [-0.3, -0.25) is 4.79 Å². The molecule has 2 atom stereocenters. The third-order valence-electron chi connectivity index (χ3n) is 17.9. The molecule has 3 N–H and O–H groups in total. The van der Waals surface area contributed by atoms with Crippen LogP contribution in [0.3, 0.4) is 0 Å². The molecule has 0 aliphatic heterocycles. The topological polar surface area (TPSA) is 69.6 Å². The third-order valence-corrected chi connectivity index (χ3v) is 17.9. The van der Waals surface area contributed by atoms with E-state index in [1.54, 1.807) is 6.08 Å². The molecule has 0 aromatic heterocycles. The second-order valence-electron chi connectivity index (χ2n) is 26.1. The normalized spacial score (nSPS) is 12.7. The van der Waals surface area contributed by atoms with Gasteiger partial charge in [-0.15, -0.1) is 0 Å². The Bertz CT molecular complexity index is 1180. The molecule has 1 amide bonds. The van der Waals surface area contributed by atoms with Crippen LogP contribution in [-0.2, 0) is 4.79 Å². The first-order chi connectivity index (χ1) is 39.7. The lowest BCUT2D eigenvalue weighted by atomic mass is 10.0. The summed E-state index contributed by atoms with van der Waals surface area (Å²) in [5.41, 5.74) is 0. The first-order valence-corrected chi connectivity index (χ1v) is 37.6. The van der Waals surface area contributed by atoms with E-state index in [9.17, 15) is 15.0 Å². The van der Waals surface area contributed by atoms with Gasteiger partial charge in [-0.1, -0.05) is 411 Å². The van der Waals surface area contributed by atoms with E-state index in [0.29, 0.717) is 6.42 Å². The number of hydrogen-bond donors (Lipinski definition) is 3. The van der Waals surface area contributed by atoms with Crippen LogP contribution in [0.5, 0.6) is 0 Å². The molecule has 0 rings (SSSR count). The fraction of sp³-hybridized carbons (Fsp3) is 0.934. The molecule has 0 aliphatic carbocycles. The molecule has 0 fully saturated rings. The van der Waals surface area contributed by atoms with Gasteiger partial charge in [0.25, 0.3) is 0 Å². The van der Waals surface area contributed by atoms with Crippen molar-refractivity contribution < 1.29 is 15.0 Å². The second-order valence-corrected chi connectivity index (χ2v) is 26.1. The van der Waals surface area contributed by atoms with Gasteiger partial charge in [0.2, 0.25) is 5.91 Å². The summed E-state index contributed by atoms with van der Waals surface area (Å²) >= 11 is 0. The maximum absolute atomic E-state index is 12.6. The van der Waals surface area contributed by atoms with Crippen LogP contribution in [0.25, 0.3) is 0 Å². The number of carbonyl (C=O) groups is 1. The Morgan fingerprint density at radius 2 is 0.475 bits per heavy atom. The molecule has 2 unspecified atom stereocenters. The Morgan fingerprint density at radius 3 is 0.688 bits per heavy atom. The van der Waals surface area contributed by atoms with Crippen LogP contribution in [0.2, 0.25) is 0 Å². The molecule has 476 valence electrons. The highest BCUT2D eigenvalue weighted by atomic mass is 16.3. The lowest BCUT2D eigenvalue weighted by Gasteiger charge is -2.20. The molecular weight excluding hydrogens is 975 g/mol. The third kappa shape index (κ3) is 67.7. The van der Waals surface area contributed by atoms with Gasteiger partial charge in [0.1, 0.15) is 0 Å². The molecule has 80 heavy (non-hydrogen) atoms. The van der Waals surface area contributed by atoms with E-state index in [1.165, 1.54) is 392 Å². The Hall–Kier alpha value is -1.13. The zero-order valence-electron chi connectivity index (χ0n) is 55.1. The van der Waals surface area contributed by atoms with Gasteiger partial charge in [0.15, 0.2) is 0 Å². The van der Waals surface area contributed by atoms with E-state index in [0.717, 1.165) is 25.7 Å². The number of rotatable bonds is 71. The average molecular weight is 1130 g/mol. The SMILES string of the molecule is CCCCCCCCCC/C=C\CCCCCCCCCCCCCCCCCCCCCCCCCCCC(=O)NC(CO)C(O)/C=C/CCCCCCCCCCCCCCCCCCCCCCCCCCCCCCC. The molecule has 0 saturated heterocycles. The quantitative estimate of drug-likeness (QED) is 0.0420. The van der Waals surface area contributed by atoms with Crippen LogP contribution in [0.15, 0.2) is 24.3 Å². The summed E-state index contributed by atoms with van der Waals surface area (Å²) in [4.78, 5) is 12.6. The molecule has 0 saturated carbocycles. The zero-order chi connectivity index (χ0) is 57.6. The Kier molecular flexibility index (Phi) is 71.1. The molecule has 0 bridgehead atoms. The van der Waals surface area contributed by atoms with Gasteiger partial charge < -0.3 is 15.5 Å². The van der Waals surface area contributed by atoms with Crippen molar-refractivity contribution in [2.75, 3.05) is 6.61 Å². The van der Waals surface area contributed by atoms with Crippen LogP contribution in [0.1, 0.15) is 438 Å². The Balaban J connectivity index is 3.38. The van der Waals surface area contributed by atoms with Crippen LogP contribution in [-0.4, -0.2) is 34.9 Å². The first kappa shape index (κ1) is 78.9. The van der Waals surface area contributed by atoms with Crippen LogP contribution < -0.4 is 5.32 Å². The highest BCUT2D eigenvalue weighted by Gasteiger charge is 2.18. The van der Waals surface area contributed by atoms with E-state index < -0.39 is 12.1 Å². The largest absolute Gasteiger partial charge is 0.394 e. The van der Waals surface area contributed by atoms with Gasteiger partial charge in [-0.25, -0.2) is 0 Å². The Morgan fingerprint density at radius 1 is 0.287 bits per heavy atom. The van der Waals surface area contributed by atoms with E-state index in [-0.39, 0.29) is 12.5 Å². The predicted octanol–water partition coefficient (Wildman–Crippen LogP) is 25.7. The molecule has 0 spiro atoms. The van der Waals surface area contributed by atoms with E-state index in [1.807, 2.05) is 6.08 Å². The number of unbranched alkanes of at least 4 members (excludes halogenated alkanes) is 62. The van der Waals surface area contributed by atoms with Crippen LogP contribution in [0.4, 0.5) is 0 Å². The number of amides is 1. The number of aliphatic hydroxyl groups excluding tert-OH is 2. The Labute approximate surface area is 504 Å². The maximum Gasteiger partial charge on any atom is 0.220 e. The molecule has 4 heteroatoms. The van der Waals surface area contributed by atoms with Crippen molar-refractivity contribution in [2.45, 2.75) is 450 Å². The molecule has 0 radical (unpaired) electrons. The van der Waals surface area contributed by atoms with E-state index in [2.05, 4.69) is 31.3 Å². The van der Waals surface area contributed by atoms with E-state index >= 15 is 0 Å². The molecule has 0 aromatic carbocycles. The summed E-state index contributed by atoms with van der Waals surface area (Å²) in [6.07, 6.45) is 98.7. The summed E-state index contributed by atoms with van der Waals surface area (Å²) in [5, 5.41) is 23.3. The second kappa shape index (κ2) is 72.1. The summed E-state index contributed by atoms with van der Waals surface area (Å²) in [6, 6.07) is -0.621. The van der Waals surface area contributed by atoms with Gasteiger partial charge in [0.05, 0.1) is 18.8 Å². The predicted molar refractivity (Wildman–Crippen MR) is 359 cm³/mol. The molecule has 0 aliphatic rings. The lowest BCUT2D eigenvalue weighted by Crippen LogP contribution is -2.45. The maximum atomic E-state index is 12.6. The number of carbonyl (C=O) groups excluding carboxylic acids is 1. The zero-order valence-corrected chi connectivity index (χ0v) is 55.1. The van der Waals surface area contributed by atoms with Crippen LogP contribution in [0, 0.1) is 0 Å². The van der Waals surface area contributed by atoms with Gasteiger partial charge >= 0.3 is 0 Å². The lowest BCUT2D eigenvalue weighted by molar-refractivity contribution is -0.123.